The molecule has 0 fully saturated rings. The van der Waals surface area contributed by atoms with E-state index < -0.39 is 23.4 Å². The lowest BCUT2D eigenvalue weighted by atomic mass is 9.94. The largest absolute Gasteiger partial charge is 0.444 e. The molecule has 0 unspecified atom stereocenters. The van der Waals surface area contributed by atoms with Gasteiger partial charge < -0.3 is 14.6 Å². The van der Waals surface area contributed by atoms with Crippen LogP contribution >= 0.6 is 0 Å². The number of hydrogen-bond donors (Lipinski definition) is 1. The molecule has 4 aromatic rings. The number of carbonyl (C=O) groups excluding carboxylic acids is 1. The van der Waals surface area contributed by atoms with Crippen molar-refractivity contribution in [2.75, 3.05) is 0 Å². The van der Waals surface area contributed by atoms with E-state index in [1.165, 1.54) is 12.1 Å². The molecule has 3 aromatic carbocycles. The van der Waals surface area contributed by atoms with E-state index in [2.05, 4.69) is 15.5 Å². The number of benzene rings is 3. The second kappa shape index (κ2) is 10.3. The highest BCUT2D eigenvalue weighted by Crippen LogP contribution is 2.39. The highest BCUT2D eigenvalue weighted by atomic mass is 19.4. The van der Waals surface area contributed by atoms with Crippen LogP contribution < -0.4 is 5.32 Å². The molecule has 1 heterocycles. The Morgan fingerprint density at radius 2 is 1.61 bits per heavy atom. The smallest absolute Gasteiger partial charge is 0.417 e. The Balaban J connectivity index is 1.51. The average molecular weight is 524 g/mol. The molecule has 1 N–H and O–H groups in total. The summed E-state index contributed by atoms with van der Waals surface area (Å²) in [4.78, 5) is 16.5. The lowest BCUT2D eigenvalue weighted by molar-refractivity contribution is -0.137. The van der Waals surface area contributed by atoms with Crippen LogP contribution in [0.15, 0.2) is 71.3 Å². The van der Waals surface area contributed by atoms with Crippen LogP contribution in [0.4, 0.5) is 18.0 Å². The first kappa shape index (κ1) is 26.9. The molecule has 0 spiro atoms. The monoisotopic (exact) mass is 523 g/mol. The molecule has 0 saturated heterocycles. The minimum Gasteiger partial charge on any atom is -0.444 e. The summed E-state index contributed by atoms with van der Waals surface area (Å²) in [6.07, 6.45) is -4.96. The molecular weight excluding hydrogens is 495 g/mol. The van der Waals surface area contributed by atoms with Gasteiger partial charge in [0.1, 0.15) is 5.60 Å². The fourth-order valence-electron chi connectivity index (χ4n) is 4.01. The third-order valence-corrected chi connectivity index (χ3v) is 5.82. The zero-order valence-corrected chi connectivity index (χ0v) is 21.7. The molecule has 6 nitrogen and oxygen atoms in total. The maximum Gasteiger partial charge on any atom is 0.417 e. The van der Waals surface area contributed by atoms with Gasteiger partial charge in [0.15, 0.2) is 0 Å². The standard InChI is InChI=1S/C29H28F3N3O3/c1-17-16-21(14-15-22(17)23-8-6-7-9-24(23)29(30,31)32)26-34-25(35-38-26)20-12-10-19(11-13-20)18(2)33-27(36)37-28(3,4)5/h6-16,18H,1-5H3,(H,33,36)/t18-/m1/s1. The van der Waals surface area contributed by atoms with E-state index in [0.717, 1.165) is 11.6 Å². The highest BCUT2D eigenvalue weighted by molar-refractivity contribution is 5.74. The summed E-state index contributed by atoms with van der Waals surface area (Å²) >= 11 is 0. The average Bonchev–Trinajstić information content (AvgIpc) is 3.33. The van der Waals surface area contributed by atoms with Crippen LogP contribution in [0.2, 0.25) is 0 Å². The number of aromatic nitrogens is 2. The van der Waals surface area contributed by atoms with Crippen molar-refractivity contribution in [1.29, 1.82) is 0 Å². The van der Waals surface area contributed by atoms with Crippen LogP contribution in [-0.4, -0.2) is 21.8 Å². The van der Waals surface area contributed by atoms with Gasteiger partial charge in [-0.3, -0.25) is 0 Å². The van der Waals surface area contributed by atoms with Gasteiger partial charge in [-0.25, -0.2) is 4.79 Å². The van der Waals surface area contributed by atoms with Gasteiger partial charge in [-0.15, -0.1) is 0 Å². The maximum absolute atomic E-state index is 13.5. The van der Waals surface area contributed by atoms with Gasteiger partial charge >= 0.3 is 12.3 Å². The van der Waals surface area contributed by atoms with Gasteiger partial charge in [-0.2, -0.15) is 18.2 Å². The summed E-state index contributed by atoms with van der Waals surface area (Å²) in [5.74, 6) is 0.617. The molecule has 38 heavy (non-hydrogen) atoms. The quantitative estimate of drug-likeness (QED) is 0.287. The van der Waals surface area contributed by atoms with Crippen LogP contribution in [0.25, 0.3) is 34.0 Å². The van der Waals surface area contributed by atoms with Gasteiger partial charge in [0.05, 0.1) is 11.6 Å². The Hall–Kier alpha value is -4.14. The molecule has 1 aromatic heterocycles. The van der Waals surface area contributed by atoms with Crippen molar-refractivity contribution in [3.63, 3.8) is 0 Å². The Morgan fingerprint density at radius 3 is 2.24 bits per heavy atom. The van der Waals surface area contributed by atoms with E-state index in [-0.39, 0.29) is 17.5 Å². The van der Waals surface area contributed by atoms with Crippen molar-refractivity contribution in [2.45, 2.75) is 52.4 Å². The minimum atomic E-state index is -4.46. The van der Waals surface area contributed by atoms with Crippen molar-refractivity contribution >= 4 is 6.09 Å². The molecule has 0 bridgehead atoms. The number of halogens is 3. The number of amides is 1. The minimum absolute atomic E-state index is 0.116. The number of nitrogens with one attached hydrogen (secondary N) is 1. The first-order valence-corrected chi connectivity index (χ1v) is 12.0. The Labute approximate surface area is 218 Å². The molecule has 0 aliphatic rings. The first-order valence-electron chi connectivity index (χ1n) is 12.0. The van der Waals surface area contributed by atoms with Crippen molar-refractivity contribution < 1.29 is 27.2 Å². The summed E-state index contributed by atoms with van der Waals surface area (Å²) in [7, 11) is 0. The predicted octanol–water partition coefficient (Wildman–Crippen LogP) is 7.98. The number of ether oxygens (including phenoxy) is 1. The predicted molar refractivity (Wildman–Crippen MR) is 138 cm³/mol. The summed E-state index contributed by atoms with van der Waals surface area (Å²) in [5, 5.41) is 6.86. The van der Waals surface area contributed by atoms with E-state index in [1.54, 1.807) is 52.0 Å². The molecule has 0 saturated carbocycles. The summed E-state index contributed by atoms with van der Waals surface area (Å²) in [6.45, 7) is 8.99. The van der Waals surface area contributed by atoms with E-state index in [0.29, 0.717) is 28.1 Å². The van der Waals surface area contributed by atoms with E-state index in [9.17, 15) is 18.0 Å². The molecule has 198 valence electrons. The molecule has 0 radical (unpaired) electrons. The lowest BCUT2D eigenvalue weighted by Crippen LogP contribution is -2.34. The van der Waals surface area contributed by atoms with E-state index >= 15 is 0 Å². The van der Waals surface area contributed by atoms with Gasteiger partial charge in [-0.05, 0) is 75.1 Å². The fourth-order valence-corrected chi connectivity index (χ4v) is 4.01. The number of aryl methyl sites for hydroxylation is 1. The Kier molecular flexibility index (Phi) is 7.31. The van der Waals surface area contributed by atoms with Crippen molar-refractivity contribution in [3.05, 3.63) is 83.4 Å². The number of carbonyl (C=O) groups is 1. The van der Waals surface area contributed by atoms with Crippen LogP contribution in [0.3, 0.4) is 0 Å². The maximum atomic E-state index is 13.5. The van der Waals surface area contributed by atoms with E-state index in [1.807, 2.05) is 31.2 Å². The number of nitrogens with zero attached hydrogens (tertiary/aromatic N) is 2. The second-order valence-corrected chi connectivity index (χ2v) is 9.99. The number of rotatable bonds is 5. The van der Waals surface area contributed by atoms with Crippen molar-refractivity contribution in [1.82, 2.24) is 15.5 Å². The number of alkyl carbamates (subject to hydrolysis) is 1. The van der Waals surface area contributed by atoms with Gasteiger partial charge in [-0.1, -0.05) is 53.7 Å². The third-order valence-electron chi connectivity index (χ3n) is 5.82. The summed E-state index contributed by atoms with van der Waals surface area (Å²) in [6, 6.07) is 17.6. The van der Waals surface area contributed by atoms with Crippen LogP contribution in [0.5, 0.6) is 0 Å². The lowest BCUT2D eigenvalue weighted by Gasteiger charge is -2.22. The molecule has 4 rings (SSSR count). The fraction of sp³-hybridized carbons (Fsp3) is 0.276. The Morgan fingerprint density at radius 1 is 0.947 bits per heavy atom. The van der Waals surface area contributed by atoms with Crippen LogP contribution in [-0.2, 0) is 10.9 Å². The normalized spacial score (nSPS) is 12.7. The van der Waals surface area contributed by atoms with E-state index in [4.69, 9.17) is 9.26 Å². The second-order valence-electron chi connectivity index (χ2n) is 9.99. The number of alkyl halides is 3. The SMILES string of the molecule is Cc1cc(-c2nc(-c3ccc([C@@H](C)NC(=O)OC(C)(C)C)cc3)no2)ccc1-c1ccccc1C(F)(F)F. The topological polar surface area (TPSA) is 77.2 Å². The highest BCUT2D eigenvalue weighted by Gasteiger charge is 2.33. The van der Waals surface area contributed by atoms with Gasteiger partial charge in [0.25, 0.3) is 5.89 Å². The third kappa shape index (κ3) is 6.22. The van der Waals surface area contributed by atoms with Crippen LogP contribution in [0.1, 0.15) is 50.4 Å². The molecular formula is C29H28F3N3O3. The molecule has 0 aliphatic heterocycles. The van der Waals surface area contributed by atoms with Gasteiger partial charge in [0, 0.05) is 11.1 Å². The zero-order chi connectivity index (χ0) is 27.7. The summed E-state index contributed by atoms with van der Waals surface area (Å²) in [5.41, 5.74) is 2.15. The van der Waals surface area contributed by atoms with Gasteiger partial charge in [0.2, 0.25) is 5.82 Å². The molecule has 1 atom stereocenters. The molecule has 1 amide bonds. The van der Waals surface area contributed by atoms with Crippen molar-refractivity contribution in [3.8, 4) is 34.0 Å². The Bertz CT molecular complexity index is 1440. The summed E-state index contributed by atoms with van der Waals surface area (Å²) < 4.78 is 51.2. The van der Waals surface area contributed by atoms with Crippen molar-refractivity contribution in [2.24, 2.45) is 0 Å². The van der Waals surface area contributed by atoms with Crippen LogP contribution in [0, 0.1) is 6.92 Å². The first-order chi connectivity index (χ1) is 17.8. The zero-order valence-electron chi connectivity index (χ0n) is 21.7. The number of hydrogen-bond acceptors (Lipinski definition) is 5. The molecule has 0 aliphatic carbocycles. The molecule has 9 heteroatoms.